The Morgan fingerprint density at radius 1 is 1.50 bits per heavy atom. The molecular formula is C6H9NO3. The zero-order valence-electron chi connectivity index (χ0n) is 5.79. The smallest absolute Gasteiger partial charge is 0.346 e. The van der Waals surface area contributed by atoms with Gasteiger partial charge in [0.2, 0.25) is 5.91 Å². The van der Waals surface area contributed by atoms with Crippen LogP contribution in [0.3, 0.4) is 0 Å². The Labute approximate surface area is 58.8 Å². The van der Waals surface area contributed by atoms with Gasteiger partial charge in [-0.3, -0.25) is 4.79 Å². The Bertz CT molecular complexity index is 149. The Balaban J connectivity index is 0.000000236. The van der Waals surface area contributed by atoms with Crippen LogP contribution in [0, 0.1) is 0 Å². The highest BCUT2D eigenvalue weighted by molar-refractivity contribution is 5.77. The minimum Gasteiger partial charge on any atom is -0.346 e. The quantitative estimate of drug-likeness (QED) is 0.466. The van der Waals surface area contributed by atoms with Crippen LogP contribution in [-0.2, 0) is 14.4 Å². The molecule has 0 bridgehead atoms. The fraction of sp³-hybridized carbons (Fsp3) is 0.667. The third-order valence-electron chi connectivity index (χ3n) is 1.31. The zero-order chi connectivity index (χ0) is 7.98. The molecule has 4 nitrogen and oxygen atoms in total. The van der Waals surface area contributed by atoms with Crippen LogP contribution in [0.5, 0.6) is 0 Å². The molecule has 1 aliphatic heterocycles. The van der Waals surface area contributed by atoms with Crippen LogP contribution in [0.4, 0.5) is 0 Å². The van der Waals surface area contributed by atoms with Crippen molar-refractivity contribution in [2.24, 2.45) is 0 Å². The van der Waals surface area contributed by atoms with E-state index in [0.717, 1.165) is 19.4 Å². The van der Waals surface area contributed by atoms with Gasteiger partial charge in [0.15, 0.2) is 0 Å². The molecule has 0 N–H and O–H groups in total. The molecule has 0 radical (unpaired) electrons. The first-order valence-corrected chi connectivity index (χ1v) is 2.95. The van der Waals surface area contributed by atoms with E-state index in [4.69, 9.17) is 9.59 Å². The van der Waals surface area contributed by atoms with Crippen LogP contribution in [0.2, 0.25) is 0 Å². The van der Waals surface area contributed by atoms with Gasteiger partial charge in [-0.15, -0.1) is 0 Å². The van der Waals surface area contributed by atoms with Gasteiger partial charge in [0.05, 0.1) is 0 Å². The van der Waals surface area contributed by atoms with Crippen molar-refractivity contribution in [1.82, 2.24) is 4.90 Å². The van der Waals surface area contributed by atoms with Crippen molar-refractivity contribution in [1.29, 1.82) is 0 Å². The van der Waals surface area contributed by atoms with Gasteiger partial charge in [0.1, 0.15) is 0 Å². The molecule has 0 spiro atoms. The second kappa shape index (κ2) is 4.70. The number of hydrogen-bond donors (Lipinski definition) is 0. The Morgan fingerprint density at radius 3 is 2.10 bits per heavy atom. The maximum atomic E-state index is 10.5. The van der Waals surface area contributed by atoms with E-state index in [-0.39, 0.29) is 6.15 Å². The van der Waals surface area contributed by atoms with E-state index in [9.17, 15) is 4.79 Å². The topological polar surface area (TPSA) is 54.5 Å². The summed E-state index contributed by atoms with van der Waals surface area (Å²) in [6.45, 7) is 0.957. The van der Waals surface area contributed by atoms with Crippen LogP contribution < -0.4 is 0 Å². The van der Waals surface area contributed by atoms with Gasteiger partial charge < -0.3 is 4.90 Å². The van der Waals surface area contributed by atoms with Crippen LogP contribution >= 0.6 is 0 Å². The predicted octanol–water partition coefficient (Wildman–Crippen LogP) is -0.345. The number of rotatable bonds is 0. The number of hydrogen-bond acceptors (Lipinski definition) is 3. The highest BCUT2D eigenvalue weighted by Crippen LogP contribution is 2.04. The van der Waals surface area contributed by atoms with Crippen molar-refractivity contribution in [2.45, 2.75) is 12.8 Å². The molecule has 56 valence electrons. The standard InChI is InChI=1S/C5H9NO.CO2/c1-6-4-2-3-5(6)7;2-1-3/h2-4H2,1H3;. The summed E-state index contributed by atoms with van der Waals surface area (Å²) in [7, 11) is 1.84. The van der Waals surface area contributed by atoms with Crippen molar-refractivity contribution < 1.29 is 14.4 Å². The number of nitrogens with zero attached hydrogens (tertiary/aromatic N) is 1. The van der Waals surface area contributed by atoms with E-state index in [1.54, 1.807) is 4.90 Å². The van der Waals surface area contributed by atoms with E-state index in [1.807, 2.05) is 7.05 Å². The molecule has 1 rings (SSSR count). The van der Waals surface area contributed by atoms with Gasteiger partial charge in [0, 0.05) is 20.0 Å². The fourth-order valence-electron chi connectivity index (χ4n) is 0.783. The third kappa shape index (κ3) is 2.99. The normalized spacial score (nSPS) is 15.7. The van der Waals surface area contributed by atoms with Gasteiger partial charge in [0.25, 0.3) is 0 Å². The highest BCUT2D eigenvalue weighted by Gasteiger charge is 2.14. The molecule has 0 aliphatic carbocycles. The maximum Gasteiger partial charge on any atom is 0.373 e. The van der Waals surface area contributed by atoms with E-state index in [1.165, 1.54) is 0 Å². The third-order valence-corrected chi connectivity index (χ3v) is 1.31. The minimum absolute atomic E-state index is 0.250. The second-order valence-corrected chi connectivity index (χ2v) is 2.00. The number of likely N-dealkylation sites (tertiary alicyclic amines) is 1. The Morgan fingerprint density at radius 2 is 2.00 bits per heavy atom. The van der Waals surface area contributed by atoms with Gasteiger partial charge in [-0.05, 0) is 6.42 Å². The molecule has 0 atom stereocenters. The lowest BCUT2D eigenvalue weighted by molar-refractivity contribution is -0.191. The van der Waals surface area contributed by atoms with E-state index < -0.39 is 0 Å². The first kappa shape index (κ1) is 8.85. The molecule has 0 unspecified atom stereocenters. The van der Waals surface area contributed by atoms with E-state index in [2.05, 4.69) is 0 Å². The minimum atomic E-state index is 0.250. The monoisotopic (exact) mass is 143 g/mol. The maximum absolute atomic E-state index is 10.5. The van der Waals surface area contributed by atoms with Crippen molar-refractivity contribution >= 4 is 12.1 Å². The zero-order valence-corrected chi connectivity index (χ0v) is 5.79. The summed E-state index contributed by atoms with van der Waals surface area (Å²) in [6.07, 6.45) is 2.06. The van der Waals surface area contributed by atoms with Gasteiger partial charge in [-0.1, -0.05) is 0 Å². The van der Waals surface area contributed by atoms with Crippen LogP contribution in [-0.4, -0.2) is 30.6 Å². The Kier molecular flexibility index (Phi) is 4.16. The summed E-state index contributed by atoms with van der Waals surface area (Å²) < 4.78 is 0. The molecule has 10 heavy (non-hydrogen) atoms. The Hall–Kier alpha value is -1.15. The average molecular weight is 143 g/mol. The number of amides is 1. The van der Waals surface area contributed by atoms with Gasteiger partial charge in [-0.2, -0.15) is 9.59 Å². The summed E-state index contributed by atoms with van der Waals surface area (Å²) in [5.41, 5.74) is 0. The molecule has 4 heteroatoms. The van der Waals surface area contributed by atoms with Crippen LogP contribution in [0.1, 0.15) is 12.8 Å². The molecule has 1 heterocycles. The lowest BCUT2D eigenvalue weighted by Gasteiger charge is -2.03. The average Bonchev–Trinajstić information content (AvgIpc) is 2.19. The van der Waals surface area contributed by atoms with Crippen molar-refractivity contribution in [3.63, 3.8) is 0 Å². The first-order valence-electron chi connectivity index (χ1n) is 2.95. The molecule has 1 amide bonds. The predicted molar refractivity (Wildman–Crippen MR) is 31.9 cm³/mol. The SMILES string of the molecule is CN1CCCC1=O.O=C=O. The molecule has 1 fully saturated rings. The number of carbonyl (C=O) groups is 1. The molecule has 0 aromatic carbocycles. The van der Waals surface area contributed by atoms with Gasteiger partial charge >= 0.3 is 6.15 Å². The molecule has 0 saturated carbocycles. The summed E-state index contributed by atoms with van der Waals surface area (Å²) >= 11 is 0. The molecule has 1 aliphatic rings. The summed E-state index contributed by atoms with van der Waals surface area (Å²) in [5.74, 6) is 0.292. The van der Waals surface area contributed by atoms with Crippen molar-refractivity contribution in [2.75, 3.05) is 13.6 Å². The molecule has 0 aromatic rings. The lowest BCUT2D eigenvalue weighted by Crippen LogP contribution is -2.17. The second-order valence-electron chi connectivity index (χ2n) is 2.00. The fourth-order valence-corrected chi connectivity index (χ4v) is 0.783. The summed E-state index contributed by atoms with van der Waals surface area (Å²) in [4.78, 5) is 28.5. The highest BCUT2D eigenvalue weighted by atomic mass is 16.2. The van der Waals surface area contributed by atoms with Crippen LogP contribution in [0.15, 0.2) is 0 Å². The van der Waals surface area contributed by atoms with E-state index >= 15 is 0 Å². The summed E-state index contributed by atoms with van der Waals surface area (Å²) in [5, 5.41) is 0. The van der Waals surface area contributed by atoms with Crippen molar-refractivity contribution in [3.05, 3.63) is 0 Å². The molecule has 0 aromatic heterocycles. The lowest BCUT2D eigenvalue weighted by atomic mass is 10.4. The van der Waals surface area contributed by atoms with Gasteiger partial charge in [-0.25, -0.2) is 0 Å². The number of carbonyl (C=O) groups excluding carboxylic acids is 3. The molecule has 1 saturated heterocycles. The summed E-state index contributed by atoms with van der Waals surface area (Å²) in [6, 6.07) is 0. The largest absolute Gasteiger partial charge is 0.373 e. The first-order chi connectivity index (χ1) is 4.72. The molecular weight excluding hydrogens is 134 g/mol. The van der Waals surface area contributed by atoms with Crippen LogP contribution in [0.25, 0.3) is 0 Å². The van der Waals surface area contributed by atoms with Crippen molar-refractivity contribution in [3.8, 4) is 0 Å². The van der Waals surface area contributed by atoms with E-state index in [0.29, 0.717) is 5.91 Å².